The van der Waals surface area contributed by atoms with Gasteiger partial charge in [-0.1, -0.05) is 56.1 Å². The van der Waals surface area contributed by atoms with Gasteiger partial charge in [-0.05, 0) is 30.9 Å². The van der Waals surface area contributed by atoms with Gasteiger partial charge in [0, 0.05) is 5.92 Å². The summed E-state index contributed by atoms with van der Waals surface area (Å²) in [5.41, 5.74) is 10.4. The van der Waals surface area contributed by atoms with Crippen molar-refractivity contribution in [3.63, 3.8) is 0 Å². The molecule has 0 radical (unpaired) electrons. The van der Waals surface area contributed by atoms with E-state index in [2.05, 4.69) is 38.1 Å². The van der Waals surface area contributed by atoms with Crippen molar-refractivity contribution in [2.24, 2.45) is 0 Å². The summed E-state index contributed by atoms with van der Waals surface area (Å²) >= 11 is 0. The Kier molecular flexibility index (Phi) is 4.83. The van der Waals surface area contributed by atoms with Crippen molar-refractivity contribution >= 4 is 5.88 Å². The molecular weight excluding hydrogens is 248 g/mol. The molecule has 1 aromatic carbocycles. The maximum atomic E-state index is 6.04. The maximum Gasteiger partial charge on any atom is 0.230 e. The van der Waals surface area contributed by atoms with E-state index in [0.717, 1.165) is 42.5 Å². The summed E-state index contributed by atoms with van der Waals surface area (Å²) in [4.78, 5) is 0. The first-order valence-corrected chi connectivity index (χ1v) is 7.50. The second-order valence-corrected chi connectivity index (χ2v) is 5.40. The number of hydrogen-bond donors (Lipinski definition) is 1. The Labute approximate surface area is 121 Å². The standard InChI is InChI=1S/C17H24N2O/c1-4-8-13(9-5-2)16-15(17(18)20-19-16)14-11-7-6-10-12(14)3/h6-7,10-11,13H,4-5,8-9,18H2,1-3H3. The molecule has 0 saturated heterocycles. The number of rotatable bonds is 6. The van der Waals surface area contributed by atoms with Crippen LogP contribution in [-0.4, -0.2) is 5.16 Å². The SMILES string of the molecule is CCCC(CCC)c1noc(N)c1-c1ccccc1C. The van der Waals surface area contributed by atoms with Crippen LogP contribution in [-0.2, 0) is 0 Å². The van der Waals surface area contributed by atoms with Gasteiger partial charge in [0.2, 0.25) is 5.88 Å². The Balaban J connectivity index is 2.48. The van der Waals surface area contributed by atoms with Crippen LogP contribution in [0.4, 0.5) is 5.88 Å². The highest BCUT2D eigenvalue weighted by Crippen LogP contribution is 2.38. The van der Waals surface area contributed by atoms with Gasteiger partial charge in [-0.2, -0.15) is 0 Å². The van der Waals surface area contributed by atoms with E-state index in [1.54, 1.807) is 0 Å². The van der Waals surface area contributed by atoms with E-state index in [-0.39, 0.29) is 0 Å². The van der Waals surface area contributed by atoms with Gasteiger partial charge in [0.15, 0.2) is 0 Å². The Hall–Kier alpha value is -1.77. The summed E-state index contributed by atoms with van der Waals surface area (Å²) in [5, 5.41) is 4.27. The van der Waals surface area contributed by atoms with E-state index in [0.29, 0.717) is 11.8 Å². The van der Waals surface area contributed by atoms with E-state index in [1.807, 2.05) is 12.1 Å². The largest absolute Gasteiger partial charge is 0.367 e. The average Bonchev–Trinajstić information content (AvgIpc) is 2.81. The number of hydrogen-bond acceptors (Lipinski definition) is 3. The molecule has 0 spiro atoms. The van der Waals surface area contributed by atoms with Crippen molar-refractivity contribution < 1.29 is 4.52 Å². The number of nitrogens with zero attached hydrogens (tertiary/aromatic N) is 1. The minimum absolute atomic E-state index is 0.431. The lowest BCUT2D eigenvalue weighted by Crippen LogP contribution is -2.02. The van der Waals surface area contributed by atoms with E-state index < -0.39 is 0 Å². The zero-order valence-corrected chi connectivity index (χ0v) is 12.6. The van der Waals surface area contributed by atoms with E-state index in [4.69, 9.17) is 10.3 Å². The van der Waals surface area contributed by atoms with Crippen molar-refractivity contribution in [3.8, 4) is 11.1 Å². The predicted octanol–water partition coefficient (Wildman–Crippen LogP) is 4.92. The highest BCUT2D eigenvalue weighted by Gasteiger charge is 2.23. The zero-order chi connectivity index (χ0) is 14.5. The van der Waals surface area contributed by atoms with Crippen molar-refractivity contribution in [2.75, 3.05) is 5.73 Å². The number of benzene rings is 1. The molecule has 2 N–H and O–H groups in total. The van der Waals surface area contributed by atoms with Gasteiger partial charge in [-0.15, -0.1) is 0 Å². The van der Waals surface area contributed by atoms with Crippen LogP contribution in [0.25, 0.3) is 11.1 Å². The van der Waals surface area contributed by atoms with E-state index in [1.165, 1.54) is 5.56 Å². The van der Waals surface area contributed by atoms with Crippen molar-refractivity contribution in [2.45, 2.75) is 52.4 Å². The summed E-state index contributed by atoms with van der Waals surface area (Å²) in [6, 6.07) is 8.27. The summed E-state index contributed by atoms with van der Waals surface area (Å²) in [5.74, 6) is 0.868. The molecular formula is C17H24N2O. The first kappa shape index (κ1) is 14.6. The first-order chi connectivity index (χ1) is 9.69. The van der Waals surface area contributed by atoms with Gasteiger partial charge < -0.3 is 10.3 Å². The lowest BCUT2D eigenvalue weighted by atomic mass is 9.89. The van der Waals surface area contributed by atoms with E-state index >= 15 is 0 Å². The van der Waals surface area contributed by atoms with Crippen LogP contribution in [0.15, 0.2) is 28.8 Å². The van der Waals surface area contributed by atoms with Gasteiger partial charge in [0.05, 0.1) is 11.3 Å². The molecule has 0 aliphatic rings. The summed E-state index contributed by atoms with van der Waals surface area (Å²) in [6.07, 6.45) is 4.53. The molecule has 0 unspecified atom stereocenters. The van der Waals surface area contributed by atoms with Crippen LogP contribution in [0.5, 0.6) is 0 Å². The Bertz CT molecular complexity index is 554. The van der Waals surface area contributed by atoms with Gasteiger partial charge in [-0.3, -0.25) is 0 Å². The molecule has 2 aromatic rings. The van der Waals surface area contributed by atoms with Crippen molar-refractivity contribution in [1.82, 2.24) is 5.16 Å². The van der Waals surface area contributed by atoms with Crippen LogP contribution < -0.4 is 5.73 Å². The third-order valence-electron chi connectivity index (χ3n) is 3.82. The number of aromatic nitrogens is 1. The third-order valence-corrected chi connectivity index (χ3v) is 3.82. The van der Waals surface area contributed by atoms with Crippen molar-refractivity contribution in [3.05, 3.63) is 35.5 Å². The lowest BCUT2D eigenvalue weighted by Gasteiger charge is -2.15. The smallest absolute Gasteiger partial charge is 0.230 e. The summed E-state index contributed by atoms with van der Waals surface area (Å²) in [6.45, 7) is 6.51. The lowest BCUT2D eigenvalue weighted by molar-refractivity contribution is 0.411. The minimum atomic E-state index is 0.431. The Morgan fingerprint density at radius 3 is 2.40 bits per heavy atom. The number of aryl methyl sites for hydroxylation is 1. The molecule has 0 fully saturated rings. The normalized spacial score (nSPS) is 11.2. The topological polar surface area (TPSA) is 52.0 Å². The van der Waals surface area contributed by atoms with Gasteiger partial charge >= 0.3 is 0 Å². The van der Waals surface area contributed by atoms with Crippen molar-refractivity contribution in [1.29, 1.82) is 0 Å². The Morgan fingerprint density at radius 2 is 1.80 bits per heavy atom. The highest BCUT2D eigenvalue weighted by molar-refractivity contribution is 5.77. The fourth-order valence-corrected chi connectivity index (χ4v) is 2.83. The quantitative estimate of drug-likeness (QED) is 0.812. The molecule has 1 aromatic heterocycles. The molecule has 0 saturated carbocycles. The fourth-order valence-electron chi connectivity index (χ4n) is 2.83. The second kappa shape index (κ2) is 6.60. The molecule has 0 atom stereocenters. The van der Waals surface area contributed by atoms with Crippen LogP contribution in [0.1, 0.15) is 56.7 Å². The monoisotopic (exact) mass is 272 g/mol. The molecule has 2 rings (SSSR count). The fraction of sp³-hybridized carbons (Fsp3) is 0.471. The molecule has 3 nitrogen and oxygen atoms in total. The molecule has 3 heteroatoms. The van der Waals surface area contributed by atoms with Gasteiger partial charge in [-0.25, -0.2) is 0 Å². The Morgan fingerprint density at radius 1 is 1.15 bits per heavy atom. The molecule has 0 bridgehead atoms. The molecule has 0 aliphatic heterocycles. The molecule has 1 heterocycles. The molecule has 20 heavy (non-hydrogen) atoms. The zero-order valence-electron chi connectivity index (χ0n) is 12.6. The highest BCUT2D eigenvalue weighted by atomic mass is 16.5. The average molecular weight is 272 g/mol. The summed E-state index contributed by atoms with van der Waals surface area (Å²) < 4.78 is 5.31. The van der Waals surface area contributed by atoms with E-state index in [9.17, 15) is 0 Å². The number of anilines is 1. The molecule has 0 aliphatic carbocycles. The number of nitrogen functional groups attached to an aromatic ring is 1. The van der Waals surface area contributed by atoms with Gasteiger partial charge in [0.1, 0.15) is 0 Å². The van der Waals surface area contributed by atoms with Crippen LogP contribution in [0, 0.1) is 6.92 Å². The number of nitrogens with two attached hydrogens (primary N) is 1. The van der Waals surface area contributed by atoms with Crippen LogP contribution >= 0.6 is 0 Å². The molecule has 108 valence electrons. The van der Waals surface area contributed by atoms with Crippen LogP contribution in [0.3, 0.4) is 0 Å². The van der Waals surface area contributed by atoms with Gasteiger partial charge in [0.25, 0.3) is 0 Å². The first-order valence-electron chi connectivity index (χ1n) is 7.50. The second-order valence-electron chi connectivity index (χ2n) is 5.40. The predicted molar refractivity (Wildman–Crippen MR) is 83.6 cm³/mol. The third kappa shape index (κ3) is 2.87. The maximum absolute atomic E-state index is 6.04. The minimum Gasteiger partial charge on any atom is -0.367 e. The molecule has 0 amide bonds. The summed E-state index contributed by atoms with van der Waals surface area (Å²) in [7, 11) is 0. The van der Waals surface area contributed by atoms with Crippen LogP contribution in [0.2, 0.25) is 0 Å².